The number of aromatic nitrogens is 4. The minimum Gasteiger partial charge on any atom is -0.478 e. The van der Waals surface area contributed by atoms with Gasteiger partial charge in [-0.25, -0.2) is 27.9 Å². The second kappa shape index (κ2) is 13.3. The smallest absolute Gasteiger partial charge is 0.335 e. The Bertz CT molecular complexity index is 2150. The summed E-state index contributed by atoms with van der Waals surface area (Å²) in [5.74, 6) is -3.71. The van der Waals surface area contributed by atoms with Gasteiger partial charge in [0.1, 0.15) is 35.3 Å². The number of halogens is 4. The first-order valence-corrected chi connectivity index (χ1v) is 16.0. The van der Waals surface area contributed by atoms with Crippen molar-refractivity contribution in [1.82, 2.24) is 24.8 Å². The van der Waals surface area contributed by atoms with Crippen molar-refractivity contribution in [3.05, 3.63) is 105 Å². The summed E-state index contributed by atoms with van der Waals surface area (Å²) in [7, 11) is 0. The molecular formula is C35H29ClF3N5O6. The second-order valence-corrected chi connectivity index (χ2v) is 12.9. The highest BCUT2D eigenvalue weighted by Crippen LogP contribution is 2.30. The Morgan fingerprint density at radius 3 is 2.56 bits per heavy atom. The van der Waals surface area contributed by atoms with Crippen molar-refractivity contribution in [3.63, 3.8) is 0 Å². The van der Waals surface area contributed by atoms with Crippen LogP contribution in [-0.2, 0) is 29.0 Å². The zero-order valence-corrected chi connectivity index (χ0v) is 27.3. The highest BCUT2D eigenvalue weighted by Gasteiger charge is 2.35. The van der Waals surface area contributed by atoms with Gasteiger partial charge in [-0.3, -0.25) is 9.78 Å². The fraction of sp³-hybridized carbons (Fsp3) is 0.286. The van der Waals surface area contributed by atoms with Crippen LogP contribution in [0.25, 0.3) is 22.3 Å². The van der Waals surface area contributed by atoms with Crippen LogP contribution in [0.1, 0.15) is 51.1 Å². The van der Waals surface area contributed by atoms with Crippen molar-refractivity contribution < 1.29 is 42.1 Å². The maximum atomic E-state index is 15.6. The summed E-state index contributed by atoms with van der Waals surface area (Å²) < 4.78 is 64.2. The van der Waals surface area contributed by atoms with Gasteiger partial charge < -0.3 is 29.2 Å². The van der Waals surface area contributed by atoms with Crippen LogP contribution in [0.4, 0.5) is 13.2 Å². The number of carboxylic acid groups (broad SMARTS) is 1. The lowest BCUT2D eigenvalue weighted by Crippen LogP contribution is -2.60. The standard InChI is InChI=1S/C35H29ClF3N5O6/c1-35(16-48-17-35)43-33(45)28-12-23(36)20(13-40-28)15-50-31-4-2-3-27(41-31)22-11-24(37)18(7-25(22)38)10-30-42-32-26(39)8-19(34(46)47)9-29(32)44(30)14-21-5-6-49-21/h2-4,7-9,11-13,21H,5-6,10,14-17H2,1H3,(H,43,45)(H,46,47)/t21-/m0/s1. The van der Waals surface area contributed by atoms with Crippen LogP contribution in [0.15, 0.2) is 54.7 Å². The SMILES string of the molecule is CC1(NC(=O)c2cc(Cl)c(COc3cccc(-c4cc(F)c(Cc5nc6c(F)cc(C(=O)O)cc6n5C[C@@H]5CCO5)cc4F)n3)cn2)COC1. The molecule has 5 aromatic rings. The maximum Gasteiger partial charge on any atom is 0.335 e. The molecule has 0 unspecified atom stereocenters. The Morgan fingerprint density at radius 2 is 1.88 bits per heavy atom. The minimum atomic E-state index is -1.31. The third-order valence-electron chi connectivity index (χ3n) is 8.59. The van der Waals surface area contributed by atoms with Gasteiger partial charge in [-0.05, 0) is 55.3 Å². The number of rotatable bonds is 11. The Morgan fingerprint density at radius 1 is 1.08 bits per heavy atom. The van der Waals surface area contributed by atoms with Gasteiger partial charge in [-0.1, -0.05) is 17.7 Å². The first kappa shape index (κ1) is 33.4. The van der Waals surface area contributed by atoms with E-state index in [2.05, 4.69) is 20.3 Å². The van der Waals surface area contributed by atoms with Crippen LogP contribution in [0.5, 0.6) is 5.88 Å². The monoisotopic (exact) mass is 707 g/mol. The molecule has 2 saturated heterocycles. The van der Waals surface area contributed by atoms with E-state index in [1.807, 2.05) is 6.92 Å². The van der Waals surface area contributed by atoms with E-state index in [0.29, 0.717) is 25.4 Å². The quantitative estimate of drug-likeness (QED) is 0.176. The molecule has 2 fully saturated rings. The predicted octanol–water partition coefficient (Wildman–Crippen LogP) is 5.74. The first-order chi connectivity index (χ1) is 24.0. The van der Waals surface area contributed by atoms with Crippen molar-refractivity contribution in [3.8, 4) is 17.1 Å². The third-order valence-corrected chi connectivity index (χ3v) is 8.94. The summed E-state index contributed by atoms with van der Waals surface area (Å²) in [5, 5.41) is 12.6. The van der Waals surface area contributed by atoms with Crippen molar-refractivity contribution in [2.45, 2.75) is 44.6 Å². The number of hydrogen-bond acceptors (Lipinski definition) is 8. The van der Waals surface area contributed by atoms with Gasteiger partial charge >= 0.3 is 5.97 Å². The summed E-state index contributed by atoms with van der Waals surface area (Å²) in [4.78, 5) is 37.0. The summed E-state index contributed by atoms with van der Waals surface area (Å²) >= 11 is 6.40. The summed E-state index contributed by atoms with van der Waals surface area (Å²) in [6, 6.07) is 10.3. The molecule has 50 heavy (non-hydrogen) atoms. The van der Waals surface area contributed by atoms with Crippen molar-refractivity contribution in [2.75, 3.05) is 19.8 Å². The van der Waals surface area contributed by atoms with Gasteiger partial charge in [0.25, 0.3) is 5.91 Å². The molecule has 0 spiro atoms. The zero-order chi connectivity index (χ0) is 35.2. The van der Waals surface area contributed by atoms with Gasteiger partial charge in [0.2, 0.25) is 5.88 Å². The van der Waals surface area contributed by atoms with Crippen LogP contribution < -0.4 is 10.1 Å². The Kier molecular flexibility index (Phi) is 8.93. The van der Waals surface area contributed by atoms with E-state index in [1.165, 1.54) is 24.4 Å². The topological polar surface area (TPSA) is 138 Å². The lowest BCUT2D eigenvalue weighted by Gasteiger charge is -2.38. The molecule has 0 saturated carbocycles. The number of carboxylic acids is 1. The van der Waals surface area contributed by atoms with E-state index in [9.17, 15) is 19.1 Å². The number of amides is 1. The number of hydrogen-bond donors (Lipinski definition) is 2. The van der Waals surface area contributed by atoms with Crippen LogP contribution in [0, 0.1) is 17.5 Å². The molecule has 2 aromatic carbocycles. The Balaban J connectivity index is 1.09. The predicted molar refractivity (Wildman–Crippen MR) is 174 cm³/mol. The van der Waals surface area contributed by atoms with Gasteiger partial charge in [0.05, 0.1) is 53.2 Å². The lowest BCUT2D eigenvalue weighted by molar-refractivity contribution is -0.0594. The summed E-state index contributed by atoms with van der Waals surface area (Å²) in [6.07, 6.45) is 1.74. The highest BCUT2D eigenvalue weighted by atomic mass is 35.5. The molecule has 1 amide bonds. The van der Waals surface area contributed by atoms with Crippen LogP contribution in [-0.4, -0.2) is 68.0 Å². The lowest BCUT2D eigenvalue weighted by atomic mass is 10.0. The number of fused-ring (bicyclic) bond motifs is 1. The number of benzene rings is 2. The molecule has 5 heterocycles. The van der Waals surface area contributed by atoms with Gasteiger partial charge in [-0.15, -0.1) is 0 Å². The van der Waals surface area contributed by atoms with Crippen molar-refractivity contribution in [1.29, 1.82) is 0 Å². The Labute approximate surface area is 288 Å². The number of ether oxygens (including phenoxy) is 3. The van der Waals surface area contributed by atoms with Crippen LogP contribution in [0.2, 0.25) is 5.02 Å². The molecule has 258 valence electrons. The molecule has 0 aliphatic carbocycles. The fourth-order valence-corrected chi connectivity index (χ4v) is 5.93. The number of aromatic carboxylic acids is 1. The van der Waals surface area contributed by atoms with E-state index >= 15 is 8.78 Å². The number of carbonyl (C=O) groups is 2. The van der Waals surface area contributed by atoms with E-state index in [1.54, 1.807) is 16.7 Å². The van der Waals surface area contributed by atoms with E-state index in [-0.39, 0.29) is 87.4 Å². The molecular weight excluding hydrogens is 679 g/mol. The third kappa shape index (κ3) is 6.73. The minimum absolute atomic E-state index is 0.0435. The molecule has 15 heteroatoms. The molecule has 7 rings (SSSR count). The number of nitrogens with zero attached hydrogens (tertiary/aromatic N) is 4. The fourth-order valence-electron chi connectivity index (χ4n) is 5.72. The Hall–Kier alpha value is -5.05. The average Bonchev–Trinajstić information content (AvgIpc) is 3.40. The molecule has 11 nitrogen and oxygen atoms in total. The molecule has 1 atom stereocenters. The van der Waals surface area contributed by atoms with Crippen molar-refractivity contribution in [2.24, 2.45) is 0 Å². The van der Waals surface area contributed by atoms with Crippen LogP contribution in [0.3, 0.4) is 0 Å². The van der Waals surface area contributed by atoms with Gasteiger partial charge in [-0.2, -0.15) is 0 Å². The number of nitrogens with one attached hydrogen (secondary N) is 1. The van der Waals surface area contributed by atoms with E-state index in [0.717, 1.165) is 24.6 Å². The summed E-state index contributed by atoms with van der Waals surface area (Å²) in [5.41, 5.74) is -0.0112. The summed E-state index contributed by atoms with van der Waals surface area (Å²) in [6.45, 7) is 3.41. The van der Waals surface area contributed by atoms with Crippen molar-refractivity contribution >= 4 is 34.5 Å². The zero-order valence-electron chi connectivity index (χ0n) is 26.5. The van der Waals surface area contributed by atoms with Crippen LogP contribution >= 0.6 is 11.6 Å². The van der Waals surface area contributed by atoms with E-state index in [4.69, 9.17) is 25.8 Å². The van der Waals surface area contributed by atoms with Gasteiger partial charge in [0, 0.05) is 36.4 Å². The molecule has 2 N–H and O–H groups in total. The average molecular weight is 708 g/mol. The van der Waals surface area contributed by atoms with Gasteiger partial charge in [0.15, 0.2) is 5.82 Å². The molecule has 0 bridgehead atoms. The molecule has 3 aromatic heterocycles. The number of pyridine rings is 2. The second-order valence-electron chi connectivity index (χ2n) is 12.5. The molecule has 2 aliphatic rings. The maximum absolute atomic E-state index is 15.6. The van der Waals surface area contributed by atoms with E-state index < -0.39 is 29.0 Å². The normalized spacial score (nSPS) is 16.5. The largest absolute Gasteiger partial charge is 0.478 e. The number of carbonyl (C=O) groups excluding carboxylic acids is 1. The molecule has 2 aliphatic heterocycles. The molecule has 0 radical (unpaired) electrons. The first-order valence-electron chi connectivity index (χ1n) is 15.6. The highest BCUT2D eigenvalue weighted by molar-refractivity contribution is 6.31. The number of imidazole rings is 1.